The Labute approximate surface area is 161 Å². The van der Waals surface area contributed by atoms with Crippen LogP contribution in [0.4, 0.5) is 5.69 Å². The van der Waals surface area contributed by atoms with Gasteiger partial charge in [0.15, 0.2) is 0 Å². The molecular formula is C20H21N2O4S+. The first-order valence-electron chi connectivity index (χ1n) is 8.81. The van der Waals surface area contributed by atoms with E-state index in [1.807, 2.05) is 41.9 Å². The number of esters is 1. The van der Waals surface area contributed by atoms with E-state index in [-0.39, 0.29) is 17.9 Å². The summed E-state index contributed by atoms with van der Waals surface area (Å²) in [4.78, 5) is 41.5. The lowest BCUT2D eigenvalue weighted by atomic mass is 9.81. The fourth-order valence-electron chi connectivity index (χ4n) is 4.37. The van der Waals surface area contributed by atoms with Crippen LogP contribution in [0.5, 0.6) is 0 Å². The van der Waals surface area contributed by atoms with Gasteiger partial charge < -0.3 is 10.1 Å². The fourth-order valence-corrected chi connectivity index (χ4v) is 5.21. The van der Waals surface area contributed by atoms with Crippen molar-refractivity contribution < 1.29 is 24.4 Å². The molecule has 2 aliphatic heterocycles. The number of rotatable bonds is 3. The van der Waals surface area contributed by atoms with E-state index in [9.17, 15) is 14.4 Å². The first-order valence-corrected chi connectivity index (χ1v) is 9.69. The minimum atomic E-state index is -1.14. The van der Waals surface area contributed by atoms with Crippen LogP contribution in [0.2, 0.25) is 0 Å². The van der Waals surface area contributed by atoms with E-state index in [0.717, 1.165) is 10.4 Å². The summed E-state index contributed by atoms with van der Waals surface area (Å²) < 4.78 is 5.00. The van der Waals surface area contributed by atoms with E-state index < -0.39 is 23.3 Å². The van der Waals surface area contributed by atoms with Gasteiger partial charge in [-0.15, -0.1) is 11.3 Å². The van der Waals surface area contributed by atoms with Gasteiger partial charge in [0.2, 0.25) is 17.4 Å². The number of nitrogens with two attached hydrogens (primary N) is 1. The Balaban J connectivity index is 1.81. The maximum absolute atomic E-state index is 13.3. The first-order chi connectivity index (χ1) is 12.9. The zero-order chi connectivity index (χ0) is 19.3. The van der Waals surface area contributed by atoms with Crippen molar-refractivity contribution in [2.45, 2.75) is 25.4 Å². The van der Waals surface area contributed by atoms with E-state index in [1.54, 1.807) is 19.1 Å². The van der Waals surface area contributed by atoms with Crippen LogP contribution in [-0.4, -0.2) is 30.4 Å². The van der Waals surface area contributed by atoms with Gasteiger partial charge >= 0.3 is 5.97 Å². The van der Waals surface area contributed by atoms with Crippen LogP contribution in [0.3, 0.4) is 0 Å². The third kappa shape index (κ3) is 2.53. The number of carbonyl (C=O) groups is 3. The third-order valence-corrected chi connectivity index (χ3v) is 6.67. The zero-order valence-electron chi connectivity index (χ0n) is 15.3. The van der Waals surface area contributed by atoms with Crippen LogP contribution in [-0.2, 0) is 19.1 Å². The van der Waals surface area contributed by atoms with Gasteiger partial charge in [-0.3, -0.25) is 9.59 Å². The van der Waals surface area contributed by atoms with Crippen LogP contribution < -0.4 is 10.2 Å². The molecule has 4 atom stereocenters. The molecule has 0 spiro atoms. The SMILES string of the molecule is COC(=O)[C@]1(C)[NH2+][C@H](c2cccs2)[C@H]2C(=O)N(c3ccc(C)cc3)C(=O)[C@@H]21. The summed E-state index contributed by atoms with van der Waals surface area (Å²) in [6.45, 7) is 3.65. The summed E-state index contributed by atoms with van der Waals surface area (Å²) in [6.07, 6.45) is 0. The number of thiophene rings is 1. The largest absolute Gasteiger partial charge is 0.464 e. The molecule has 3 heterocycles. The lowest BCUT2D eigenvalue weighted by molar-refractivity contribution is -0.730. The number of fused-ring (bicyclic) bond motifs is 1. The van der Waals surface area contributed by atoms with Gasteiger partial charge in [-0.05, 0) is 30.5 Å². The standard InChI is InChI=1S/C20H20N2O4S/c1-11-6-8-12(9-7-11)22-17(23)14-15(18(22)24)20(2,19(25)26-3)21-16(14)13-5-4-10-27-13/h4-10,14-16,21H,1-3H3/p+1/t14-,15+,16+,20+/m0/s1. The molecule has 6 nitrogen and oxygen atoms in total. The van der Waals surface area contributed by atoms with Gasteiger partial charge in [-0.1, -0.05) is 23.8 Å². The summed E-state index contributed by atoms with van der Waals surface area (Å²) in [6, 6.07) is 10.8. The number of methoxy groups -OCH3 is 1. The number of benzene rings is 1. The van der Waals surface area contributed by atoms with E-state index in [4.69, 9.17) is 4.74 Å². The highest BCUT2D eigenvalue weighted by Gasteiger charge is 2.71. The number of aryl methyl sites for hydroxylation is 1. The Morgan fingerprint density at radius 1 is 1.19 bits per heavy atom. The van der Waals surface area contributed by atoms with E-state index in [2.05, 4.69) is 0 Å². The molecule has 2 aliphatic rings. The molecule has 0 aliphatic carbocycles. The van der Waals surface area contributed by atoms with Crippen molar-refractivity contribution in [3.8, 4) is 0 Å². The third-order valence-electron chi connectivity index (χ3n) is 5.70. The summed E-state index contributed by atoms with van der Waals surface area (Å²) in [5.41, 5.74) is 0.449. The Morgan fingerprint density at radius 2 is 1.89 bits per heavy atom. The smallest absolute Gasteiger partial charge is 0.368 e. The molecule has 2 N–H and O–H groups in total. The summed E-state index contributed by atoms with van der Waals surface area (Å²) in [5.74, 6) is -2.43. The van der Waals surface area contributed by atoms with Gasteiger partial charge in [0.25, 0.3) is 0 Å². The quantitative estimate of drug-likeness (QED) is 0.640. The Morgan fingerprint density at radius 3 is 2.48 bits per heavy atom. The minimum Gasteiger partial charge on any atom is -0.464 e. The van der Waals surface area contributed by atoms with Crippen molar-refractivity contribution >= 4 is 34.8 Å². The van der Waals surface area contributed by atoms with Crippen LogP contribution in [0.15, 0.2) is 41.8 Å². The Hall–Kier alpha value is -2.51. The van der Waals surface area contributed by atoms with Crippen molar-refractivity contribution in [1.82, 2.24) is 0 Å². The fraction of sp³-hybridized carbons (Fsp3) is 0.350. The van der Waals surface area contributed by atoms with Gasteiger partial charge in [0.1, 0.15) is 17.9 Å². The van der Waals surface area contributed by atoms with Crippen molar-refractivity contribution in [1.29, 1.82) is 0 Å². The number of nitrogens with zero attached hydrogens (tertiary/aromatic N) is 1. The molecule has 4 rings (SSSR count). The molecule has 1 aromatic heterocycles. The van der Waals surface area contributed by atoms with E-state index in [0.29, 0.717) is 5.69 Å². The van der Waals surface area contributed by atoms with Crippen LogP contribution in [0, 0.1) is 18.8 Å². The average molecular weight is 385 g/mol. The van der Waals surface area contributed by atoms with Gasteiger partial charge in [0, 0.05) is 6.92 Å². The molecule has 2 aromatic rings. The predicted molar refractivity (Wildman–Crippen MR) is 100 cm³/mol. The van der Waals surface area contributed by atoms with Crippen molar-refractivity contribution in [3.05, 3.63) is 52.2 Å². The number of ether oxygens (including phenoxy) is 1. The molecule has 0 unspecified atom stereocenters. The second kappa shape index (κ2) is 6.28. The van der Waals surface area contributed by atoms with E-state index >= 15 is 0 Å². The summed E-state index contributed by atoms with van der Waals surface area (Å²) in [5, 5.41) is 3.77. The zero-order valence-corrected chi connectivity index (χ0v) is 16.2. The minimum absolute atomic E-state index is 0.254. The number of amides is 2. The molecule has 27 heavy (non-hydrogen) atoms. The molecule has 2 amide bonds. The van der Waals surface area contributed by atoms with E-state index in [1.165, 1.54) is 23.3 Å². The highest BCUT2D eigenvalue weighted by Crippen LogP contribution is 2.46. The second-order valence-corrected chi connectivity index (χ2v) is 8.31. The lowest BCUT2D eigenvalue weighted by Crippen LogP contribution is -2.97. The molecule has 2 saturated heterocycles. The number of imide groups is 1. The molecule has 0 radical (unpaired) electrons. The second-order valence-electron chi connectivity index (χ2n) is 7.33. The normalized spacial score (nSPS) is 29.9. The number of anilines is 1. The van der Waals surface area contributed by atoms with Crippen molar-refractivity contribution in [2.24, 2.45) is 11.8 Å². The molecular weight excluding hydrogens is 364 g/mol. The number of hydrogen-bond donors (Lipinski definition) is 1. The number of carbonyl (C=O) groups excluding carboxylic acids is 3. The van der Waals surface area contributed by atoms with Gasteiger partial charge in [-0.2, -0.15) is 0 Å². The highest BCUT2D eigenvalue weighted by atomic mass is 32.1. The predicted octanol–water partition coefficient (Wildman–Crippen LogP) is 1.41. The van der Waals surface area contributed by atoms with Crippen molar-refractivity contribution in [3.63, 3.8) is 0 Å². The molecule has 2 fully saturated rings. The Kier molecular flexibility index (Phi) is 4.16. The molecule has 1 aromatic carbocycles. The number of hydrogen-bond acceptors (Lipinski definition) is 5. The topological polar surface area (TPSA) is 80.3 Å². The Bertz CT molecular complexity index is 909. The van der Waals surface area contributed by atoms with Crippen LogP contribution >= 0.6 is 11.3 Å². The highest BCUT2D eigenvalue weighted by molar-refractivity contribution is 7.10. The lowest BCUT2D eigenvalue weighted by Gasteiger charge is -2.25. The molecule has 0 saturated carbocycles. The molecule has 0 bridgehead atoms. The van der Waals surface area contributed by atoms with Crippen molar-refractivity contribution in [2.75, 3.05) is 12.0 Å². The maximum Gasteiger partial charge on any atom is 0.368 e. The number of quaternary nitrogens is 1. The maximum atomic E-state index is 13.3. The summed E-state index contributed by atoms with van der Waals surface area (Å²) >= 11 is 1.53. The van der Waals surface area contributed by atoms with Crippen LogP contribution in [0.25, 0.3) is 0 Å². The monoisotopic (exact) mass is 385 g/mol. The first kappa shape index (κ1) is 17.9. The van der Waals surface area contributed by atoms with Gasteiger partial charge in [-0.25, -0.2) is 9.69 Å². The summed E-state index contributed by atoms with van der Waals surface area (Å²) in [7, 11) is 1.31. The van der Waals surface area contributed by atoms with Gasteiger partial charge in [0.05, 0.1) is 17.7 Å². The average Bonchev–Trinajstić information content (AvgIpc) is 3.34. The molecule has 140 valence electrons. The molecule has 7 heteroatoms. The van der Waals surface area contributed by atoms with Crippen LogP contribution in [0.1, 0.15) is 23.4 Å².